The van der Waals surface area contributed by atoms with Gasteiger partial charge in [0.15, 0.2) is 0 Å². The number of halogens is 2. The normalized spacial score (nSPS) is 21.4. The zero-order chi connectivity index (χ0) is 17.3. The van der Waals surface area contributed by atoms with Gasteiger partial charge in [-0.3, -0.25) is 0 Å². The maximum atomic E-state index is 14.2. The minimum atomic E-state index is -2.83. The van der Waals surface area contributed by atoms with Crippen LogP contribution in [0.4, 0.5) is 8.78 Å². The van der Waals surface area contributed by atoms with Crippen LogP contribution in [-0.2, 0) is 4.74 Å². The van der Waals surface area contributed by atoms with Gasteiger partial charge in [0.05, 0.1) is 29.0 Å². The lowest BCUT2D eigenvalue weighted by Crippen LogP contribution is -2.33. The SMILES string of the molecule is [2H]C([2H])([2H])Oc1cc(F)cc(F)c1-c1csc([C@H]2CNCCO2)n1. The zero-order valence-electron chi connectivity index (χ0n) is 13.9. The molecule has 0 spiro atoms. The van der Waals surface area contributed by atoms with Crippen molar-refractivity contribution in [1.29, 1.82) is 0 Å². The van der Waals surface area contributed by atoms with Crippen LogP contribution in [0.25, 0.3) is 11.3 Å². The predicted molar refractivity (Wildman–Crippen MR) is 75.6 cm³/mol. The number of rotatable bonds is 3. The van der Waals surface area contributed by atoms with Crippen LogP contribution in [0.3, 0.4) is 0 Å². The minimum Gasteiger partial charge on any atom is -0.496 e. The first-order valence-electron chi connectivity index (χ1n) is 7.80. The Morgan fingerprint density at radius 2 is 2.43 bits per heavy atom. The van der Waals surface area contributed by atoms with Crippen molar-refractivity contribution in [3.63, 3.8) is 0 Å². The lowest BCUT2D eigenvalue weighted by Gasteiger charge is -2.21. The quantitative estimate of drug-likeness (QED) is 0.946. The van der Waals surface area contributed by atoms with E-state index in [0.717, 1.165) is 12.6 Å². The third kappa shape index (κ3) is 2.90. The monoisotopic (exact) mass is 315 g/mol. The van der Waals surface area contributed by atoms with Gasteiger partial charge in [0.1, 0.15) is 28.5 Å². The Labute approximate surface area is 128 Å². The molecule has 3 rings (SSSR count). The van der Waals surface area contributed by atoms with Crippen LogP contribution < -0.4 is 10.1 Å². The summed E-state index contributed by atoms with van der Waals surface area (Å²) in [7, 11) is -2.83. The van der Waals surface area contributed by atoms with Gasteiger partial charge < -0.3 is 14.8 Å². The maximum absolute atomic E-state index is 14.2. The molecule has 0 amide bonds. The Hall–Kier alpha value is -1.57. The van der Waals surface area contributed by atoms with Gasteiger partial charge in [0, 0.05) is 30.6 Å². The molecule has 1 aliphatic rings. The molecule has 2 aromatic rings. The first-order valence-corrected chi connectivity index (χ1v) is 7.17. The smallest absolute Gasteiger partial charge is 0.139 e. The summed E-state index contributed by atoms with van der Waals surface area (Å²) >= 11 is 1.26. The molecule has 1 atom stereocenters. The Bertz CT molecular complexity index is 733. The Morgan fingerprint density at radius 3 is 3.19 bits per heavy atom. The molecule has 1 aliphatic heterocycles. The number of thiazole rings is 1. The average molecular weight is 315 g/mol. The highest BCUT2D eigenvalue weighted by Gasteiger charge is 2.22. The van der Waals surface area contributed by atoms with Crippen LogP contribution >= 0.6 is 11.3 Å². The zero-order valence-corrected chi connectivity index (χ0v) is 11.7. The van der Waals surface area contributed by atoms with E-state index in [9.17, 15) is 8.78 Å². The summed E-state index contributed by atoms with van der Waals surface area (Å²) in [5, 5.41) is 5.35. The number of morpholine rings is 1. The van der Waals surface area contributed by atoms with Gasteiger partial charge in [-0.2, -0.15) is 0 Å². The van der Waals surface area contributed by atoms with Crippen LogP contribution in [0.15, 0.2) is 17.5 Å². The van der Waals surface area contributed by atoms with Crippen LogP contribution in [0, 0.1) is 11.6 Å². The Balaban J connectivity index is 1.98. The number of hydrogen-bond acceptors (Lipinski definition) is 5. The highest BCUT2D eigenvalue weighted by molar-refractivity contribution is 7.10. The molecule has 0 saturated carbocycles. The molecule has 21 heavy (non-hydrogen) atoms. The summed E-state index contributed by atoms with van der Waals surface area (Å²) in [4.78, 5) is 4.31. The number of nitrogens with one attached hydrogen (secondary N) is 1. The van der Waals surface area contributed by atoms with Gasteiger partial charge >= 0.3 is 0 Å². The van der Waals surface area contributed by atoms with Crippen LogP contribution in [0.5, 0.6) is 5.75 Å². The van der Waals surface area contributed by atoms with E-state index >= 15 is 0 Å². The topological polar surface area (TPSA) is 43.4 Å². The summed E-state index contributed by atoms with van der Waals surface area (Å²) in [6.07, 6.45) is -0.256. The van der Waals surface area contributed by atoms with E-state index < -0.39 is 24.4 Å². The van der Waals surface area contributed by atoms with Gasteiger partial charge in [-0.1, -0.05) is 0 Å². The third-order valence-electron chi connectivity index (χ3n) is 3.11. The second kappa shape index (κ2) is 6.05. The molecule has 0 unspecified atom stereocenters. The number of benzene rings is 1. The van der Waals surface area contributed by atoms with E-state index in [0.29, 0.717) is 24.2 Å². The second-order valence-electron chi connectivity index (χ2n) is 4.50. The second-order valence-corrected chi connectivity index (χ2v) is 5.39. The van der Waals surface area contributed by atoms with E-state index in [1.54, 1.807) is 5.38 Å². The van der Waals surface area contributed by atoms with Gasteiger partial charge in [0.25, 0.3) is 0 Å². The van der Waals surface area contributed by atoms with Crippen LogP contribution in [0.2, 0.25) is 0 Å². The van der Waals surface area contributed by atoms with E-state index in [2.05, 4.69) is 10.3 Å². The standard InChI is InChI=1S/C14H14F2N2O2S/c1-19-11-5-8(15)4-9(16)13(11)10-7-21-14(18-10)12-6-17-2-3-20-12/h4-5,7,12,17H,2-3,6H2,1H3/t12-/m1/s1/i1D3. The van der Waals surface area contributed by atoms with Crippen molar-refractivity contribution >= 4 is 11.3 Å². The Morgan fingerprint density at radius 1 is 1.52 bits per heavy atom. The summed E-state index contributed by atoms with van der Waals surface area (Å²) in [6, 6.07) is 1.50. The molecule has 1 aromatic heterocycles. The molecule has 1 fully saturated rings. The fourth-order valence-corrected chi connectivity index (χ4v) is 3.01. The highest BCUT2D eigenvalue weighted by Crippen LogP contribution is 2.35. The van der Waals surface area contributed by atoms with Crippen LogP contribution in [-0.4, -0.2) is 31.7 Å². The lowest BCUT2D eigenvalue weighted by atomic mass is 10.1. The molecule has 0 aliphatic carbocycles. The highest BCUT2D eigenvalue weighted by atomic mass is 32.1. The molecular weight excluding hydrogens is 298 g/mol. The van der Waals surface area contributed by atoms with Gasteiger partial charge in [-0.25, -0.2) is 13.8 Å². The first-order chi connectivity index (χ1) is 11.3. The van der Waals surface area contributed by atoms with E-state index in [1.807, 2.05) is 0 Å². The lowest BCUT2D eigenvalue weighted by molar-refractivity contribution is 0.0276. The molecule has 1 N–H and O–H groups in total. The summed E-state index contributed by atoms with van der Waals surface area (Å²) in [6.45, 7) is 1.87. The van der Waals surface area contributed by atoms with Crippen molar-refractivity contribution in [2.24, 2.45) is 0 Å². The van der Waals surface area contributed by atoms with Gasteiger partial charge in [-0.15, -0.1) is 11.3 Å². The van der Waals surface area contributed by atoms with Crippen molar-refractivity contribution < 1.29 is 22.4 Å². The van der Waals surface area contributed by atoms with Crippen molar-refractivity contribution in [2.45, 2.75) is 6.10 Å². The average Bonchev–Trinajstić information content (AvgIpc) is 2.95. The summed E-state index contributed by atoms with van der Waals surface area (Å²) in [5.74, 6) is -2.27. The summed E-state index contributed by atoms with van der Waals surface area (Å²) < 4.78 is 59.5. The number of methoxy groups -OCH3 is 1. The van der Waals surface area contributed by atoms with E-state index in [4.69, 9.17) is 13.6 Å². The van der Waals surface area contributed by atoms with E-state index in [1.165, 1.54) is 11.3 Å². The molecule has 112 valence electrons. The van der Waals surface area contributed by atoms with Gasteiger partial charge in [-0.05, 0) is 0 Å². The molecular formula is C14H14F2N2O2S. The van der Waals surface area contributed by atoms with E-state index in [-0.39, 0.29) is 17.4 Å². The fourth-order valence-electron chi connectivity index (χ4n) is 2.15. The van der Waals surface area contributed by atoms with Crippen molar-refractivity contribution in [1.82, 2.24) is 10.3 Å². The number of ether oxygens (including phenoxy) is 2. The number of nitrogens with zero attached hydrogens (tertiary/aromatic N) is 1. The largest absolute Gasteiger partial charge is 0.496 e. The van der Waals surface area contributed by atoms with Crippen molar-refractivity contribution in [3.05, 3.63) is 34.2 Å². The maximum Gasteiger partial charge on any atom is 0.139 e. The fraction of sp³-hybridized carbons (Fsp3) is 0.357. The molecule has 4 nitrogen and oxygen atoms in total. The molecule has 0 radical (unpaired) electrons. The predicted octanol–water partition coefficient (Wildman–Crippen LogP) is 2.76. The van der Waals surface area contributed by atoms with Gasteiger partial charge in [0.2, 0.25) is 0 Å². The molecule has 1 saturated heterocycles. The molecule has 0 bridgehead atoms. The summed E-state index contributed by atoms with van der Waals surface area (Å²) in [5.41, 5.74) is -0.000262. The molecule has 2 heterocycles. The molecule has 7 heteroatoms. The van der Waals surface area contributed by atoms with Crippen molar-refractivity contribution in [3.8, 4) is 17.0 Å². The van der Waals surface area contributed by atoms with Crippen molar-refractivity contribution in [2.75, 3.05) is 26.7 Å². The van der Waals surface area contributed by atoms with Crippen LogP contribution in [0.1, 0.15) is 15.2 Å². The number of aromatic nitrogens is 1. The molecule has 1 aromatic carbocycles. The Kier molecular flexibility index (Phi) is 3.18. The number of hydrogen-bond donors (Lipinski definition) is 1. The third-order valence-corrected chi connectivity index (χ3v) is 4.05. The first kappa shape index (κ1) is 11.1. The minimum absolute atomic E-state index is 0.181.